The van der Waals surface area contributed by atoms with Crippen LogP contribution < -0.4 is 0 Å². The van der Waals surface area contributed by atoms with E-state index in [-0.39, 0.29) is 0 Å². The average molecular weight is 177 g/mol. The maximum Gasteiger partial charge on any atom is 0.0179 e. The lowest BCUT2D eigenvalue weighted by molar-refractivity contribution is 0.810. The Kier molecular flexibility index (Phi) is 5.74. The Morgan fingerprint density at radius 3 is 2.30 bits per heavy atom. The Morgan fingerprint density at radius 1 is 1.30 bits per heavy atom. The maximum absolute atomic E-state index is 3.80. The molecule has 2 heteroatoms. The van der Waals surface area contributed by atoms with E-state index in [9.17, 15) is 0 Å². The molecule has 0 heterocycles. The van der Waals surface area contributed by atoms with E-state index < -0.39 is 0 Å². The van der Waals surface area contributed by atoms with Crippen molar-refractivity contribution in [3.63, 3.8) is 0 Å². The van der Waals surface area contributed by atoms with E-state index in [0.717, 1.165) is 6.42 Å². The van der Waals surface area contributed by atoms with Crippen LogP contribution in [0.1, 0.15) is 33.6 Å². The first-order valence-electron chi connectivity index (χ1n) is 3.66. The largest absolute Gasteiger partial charge is 0.0936 e. The van der Waals surface area contributed by atoms with Crippen molar-refractivity contribution >= 4 is 21.6 Å². The second-order valence-corrected chi connectivity index (χ2v) is 6.47. The maximum atomic E-state index is 3.80. The molecule has 0 aromatic heterocycles. The van der Waals surface area contributed by atoms with Gasteiger partial charge in [0.05, 0.1) is 0 Å². The normalized spacial score (nSPS) is 12.0. The Labute approximate surface area is 72.9 Å². The van der Waals surface area contributed by atoms with Crippen molar-refractivity contribution in [1.82, 2.24) is 0 Å². The first kappa shape index (κ1) is 10.7. The number of rotatable bonds is 4. The Bertz CT molecular complexity index is 73.8. The molecule has 0 N–H and O–H groups in total. The number of hydrogen-bond acceptors (Lipinski definition) is 2. The second-order valence-electron chi connectivity index (χ2n) is 3.22. The van der Waals surface area contributed by atoms with Gasteiger partial charge in [-0.3, -0.25) is 0 Å². The van der Waals surface area contributed by atoms with E-state index in [1.807, 2.05) is 21.6 Å². The minimum Gasteiger partial charge on any atom is -0.0936 e. The highest BCUT2D eigenvalue weighted by molar-refractivity contribution is 8.77. The fourth-order valence-corrected chi connectivity index (χ4v) is 2.80. The summed E-state index contributed by atoms with van der Waals surface area (Å²) in [6, 6.07) is 0. The predicted octanol–water partition coefficient (Wildman–Crippen LogP) is 3.78. The Morgan fingerprint density at radius 2 is 1.90 bits per heavy atom. The van der Waals surface area contributed by atoms with Crippen molar-refractivity contribution in [3.8, 4) is 0 Å². The van der Waals surface area contributed by atoms with Crippen LogP contribution in [0.4, 0.5) is 0 Å². The van der Waals surface area contributed by atoms with Crippen LogP contribution in [0.25, 0.3) is 0 Å². The lowest BCUT2D eigenvalue weighted by atomic mass is 10.3. The number of hydrogen-bond donors (Lipinski definition) is 0. The molecule has 61 valence electrons. The summed E-state index contributed by atoms with van der Waals surface area (Å²) in [4.78, 5) is 0. The topological polar surface area (TPSA) is 0 Å². The molecule has 0 fully saturated rings. The van der Waals surface area contributed by atoms with Crippen molar-refractivity contribution in [2.45, 2.75) is 38.4 Å². The zero-order chi connectivity index (χ0) is 8.04. The highest BCUT2D eigenvalue weighted by Gasteiger charge is 2.09. The van der Waals surface area contributed by atoms with Crippen LogP contribution >= 0.6 is 21.6 Å². The van der Waals surface area contributed by atoms with Gasteiger partial charge in [-0.1, -0.05) is 55.7 Å². The standard InChI is InChI=1S/C8H17S2/c1-5-6-7-9-10-8(2,3)4/h1,5-7H2,2-4H3. The summed E-state index contributed by atoms with van der Waals surface area (Å²) in [5.74, 6) is 1.24. The van der Waals surface area contributed by atoms with Gasteiger partial charge in [-0.05, 0) is 6.42 Å². The molecule has 0 atom stereocenters. The van der Waals surface area contributed by atoms with Gasteiger partial charge < -0.3 is 0 Å². The molecule has 0 bridgehead atoms. The van der Waals surface area contributed by atoms with Gasteiger partial charge in [-0.2, -0.15) is 0 Å². The zero-order valence-corrected chi connectivity index (χ0v) is 8.78. The van der Waals surface area contributed by atoms with E-state index in [1.54, 1.807) is 0 Å². The van der Waals surface area contributed by atoms with Crippen molar-refractivity contribution < 1.29 is 0 Å². The van der Waals surface area contributed by atoms with Crippen LogP contribution in [0.15, 0.2) is 0 Å². The van der Waals surface area contributed by atoms with Gasteiger partial charge in [0.25, 0.3) is 0 Å². The zero-order valence-electron chi connectivity index (χ0n) is 7.14. The Balaban J connectivity index is 3.04. The van der Waals surface area contributed by atoms with Crippen LogP contribution in [-0.4, -0.2) is 10.5 Å². The van der Waals surface area contributed by atoms with E-state index in [2.05, 4.69) is 27.7 Å². The molecule has 0 amide bonds. The summed E-state index contributed by atoms with van der Waals surface area (Å²) in [5, 5.41) is 0. The van der Waals surface area contributed by atoms with Gasteiger partial charge in [0.2, 0.25) is 0 Å². The highest BCUT2D eigenvalue weighted by atomic mass is 33.1. The lowest BCUT2D eigenvalue weighted by Gasteiger charge is -2.15. The molecule has 0 aliphatic rings. The van der Waals surface area contributed by atoms with E-state index >= 15 is 0 Å². The average Bonchev–Trinajstić information content (AvgIpc) is 1.78. The monoisotopic (exact) mass is 177 g/mol. The first-order chi connectivity index (χ1) is 4.56. The fraction of sp³-hybridized carbons (Fsp3) is 0.875. The van der Waals surface area contributed by atoms with Crippen molar-refractivity contribution in [1.29, 1.82) is 0 Å². The SMILES string of the molecule is [CH2]CCCSSC(C)(C)C. The molecule has 0 saturated heterocycles. The molecule has 0 aromatic rings. The molecule has 0 spiro atoms. The summed E-state index contributed by atoms with van der Waals surface area (Å²) in [6.07, 6.45) is 2.31. The number of unbranched alkanes of at least 4 members (excludes halogenated alkanes) is 1. The van der Waals surface area contributed by atoms with Gasteiger partial charge in [0, 0.05) is 10.5 Å². The summed E-state index contributed by atoms with van der Waals surface area (Å²) in [6.45, 7) is 10.5. The van der Waals surface area contributed by atoms with Gasteiger partial charge >= 0.3 is 0 Å². The van der Waals surface area contributed by atoms with E-state index in [4.69, 9.17) is 0 Å². The highest BCUT2D eigenvalue weighted by Crippen LogP contribution is 2.35. The summed E-state index contributed by atoms with van der Waals surface area (Å²) in [5.41, 5.74) is 0. The third-order valence-corrected chi connectivity index (χ3v) is 4.21. The molecule has 1 radical (unpaired) electrons. The molecule has 0 unspecified atom stereocenters. The summed E-state index contributed by atoms with van der Waals surface area (Å²) >= 11 is 0. The van der Waals surface area contributed by atoms with E-state index in [0.29, 0.717) is 4.75 Å². The van der Waals surface area contributed by atoms with Gasteiger partial charge in [-0.25, -0.2) is 0 Å². The lowest BCUT2D eigenvalue weighted by Crippen LogP contribution is -2.04. The minimum atomic E-state index is 0.409. The third-order valence-electron chi connectivity index (χ3n) is 0.787. The summed E-state index contributed by atoms with van der Waals surface area (Å²) < 4.78 is 0.409. The van der Waals surface area contributed by atoms with Gasteiger partial charge in [-0.15, -0.1) is 0 Å². The molecule has 0 aliphatic heterocycles. The molecule has 10 heavy (non-hydrogen) atoms. The van der Waals surface area contributed by atoms with Crippen molar-refractivity contribution in [2.24, 2.45) is 0 Å². The van der Waals surface area contributed by atoms with Crippen molar-refractivity contribution in [2.75, 3.05) is 5.75 Å². The quantitative estimate of drug-likeness (QED) is 0.473. The molecule has 0 aliphatic carbocycles. The molecule has 0 rings (SSSR count). The van der Waals surface area contributed by atoms with E-state index in [1.165, 1.54) is 12.2 Å². The van der Waals surface area contributed by atoms with Gasteiger partial charge in [0.15, 0.2) is 0 Å². The predicted molar refractivity (Wildman–Crippen MR) is 54.4 cm³/mol. The molecule has 0 saturated carbocycles. The first-order valence-corrected chi connectivity index (χ1v) is 5.98. The second kappa shape index (κ2) is 5.36. The smallest absolute Gasteiger partial charge is 0.0179 e. The van der Waals surface area contributed by atoms with Crippen LogP contribution in [0.2, 0.25) is 0 Å². The summed E-state index contributed by atoms with van der Waals surface area (Å²) in [7, 11) is 3.92. The van der Waals surface area contributed by atoms with Crippen molar-refractivity contribution in [3.05, 3.63) is 6.92 Å². The van der Waals surface area contributed by atoms with Crippen LogP contribution in [0.5, 0.6) is 0 Å². The molecular formula is C8H17S2. The minimum absolute atomic E-state index is 0.409. The van der Waals surface area contributed by atoms with Crippen LogP contribution in [0, 0.1) is 6.92 Å². The van der Waals surface area contributed by atoms with Crippen LogP contribution in [-0.2, 0) is 0 Å². The van der Waals surface area contributed by atoms with Gasteiger partial charge in [0.1, 0.15) is 0 Å². The van der Waals surface area contributed by atoms with Crippen LogP contribution in [0.3, 0.4) is 0 Å². The third kappa shape index (κ3) is 8.70. The molecule has 0 nitrogen and oxygen atoms in total. The fourth-order valence-electron chi connectivity index (χ4n) is 0.379. The molecule has 0 aromatic carbocycles. The molecular weight excluding hydrogens is 160 g/mol. The Hall–Kier alpha value is 0.700.